The van der Waals surface area contributed by atoms with Crippen LogP contribution in [0, 0.1) is 23.7 Å². The van der Waals surface area contributed by atoms with Crippen LogP contribution in [-0.2, 0) is 0 Å². The Morgan fingerprint density at radius 2 is 1.47 bits per heavy atom. The van der Waals surface area contributed by atoms with Crippen LogP contribution in [0.2, 0.25) is 0 Å². The smallest absolute Gasteiger partial charge is 0.124 e. The first-order chi connectivity index (χ1) is 16.6. The summed E-state index contributed by atoms with van der Waals surface area (Å²) in [7, 11) is 0. The van der Waals surface area contributed by atoms with E-state index in [2.05, 4.69) is 87.7 Å². The van der Waals surface area contributed by atoms with Gasteiger partial charge in [-0.1, -0.05) is 37.8 Å². The Kier molecular flexibility index (Phi) is 5.44. The van der Waals surface area contributed by atoms with Crippen LogP contribution in [0.15, 0.2) is 48.7 Å². The lowest BCUT2D eigenvalue weighted by molar-refractivity contribution is 0.588. The molecule has 6 rings (SSSR count). The number of nitrogens with one attached hydrogen (secondary N) is 4. The number of aromatic amines is 2. The van der Waals surface area contributed by atoms with Gasteiger partial charge in [-0.05, 0) is 73.7 Å². The van der Waals surface area contributed by atoms with Crippen LogP contribution in [0.5, 0.6) is 0 Å². The molecule has 4 N–H and O–H groups in total. The van der Waals surface area contributed by atoms with Gasteiger partial charge in [0.1, 0.15) is 11.6 Å². The molecular formula is C28H30N6. The van der Waals surface area contributed by atoms with E-state index in [1.54, 1.807) is 0 Å². The first-order valence-electron chi connectivity index (χ1n) is 12.2. The van der Waals surface area contributed by atoms with E-state index in [9.17, 15) is 0 Å². The van der Waals surface area contributed by atoms with Crippen molar-refractivity contribution in [1.82, 2.24) is 30.6 Å². The monoisotopic (exact) mass is 450 g/mol. The summed E-state index contributed by atoms with van der Waals surface area (Å²) in [4.78, 5) is 16.4. The summed E-state index contributed by atoms with van der Waals surface area (Å²) in [6.07, 6.45) is 4.18. The molecule has 172 valence electrons. The lowest BCUT2D eigenvalue weighted by Gasteiger charge is -2.06. The predicted octanol–water partition coefficient (Wildman–Crippen LogP) is 4.69. The van der Waals surface area contributed by atoms with Crippen LogP contribution >= 0.6 is 0 Å². The number of nitrogens with zero attached hydrogens (tertiary/aromatic N) is 2. The average Bonchev–Trinajstić information content (AvgIpc) is 3.64. The molecule has 4 unspecified atom stereocenters. The van der Waals surface area contributed by atoms with Crippen molar-refractivity contribution >= 4 is 11.0 Å². The number of rotatable bonds is 3. The number of hydrogen-bond donors (Lipinski definition) is 4. The minimum Gasteiger partial charge on any atom is -0.341 e. The molecule has 0 radical (unpaired) electrons. The van der Waals surface area contributed by atoms with E-state index in [1.807, 2.05) is 12.3 Å². The third-order valence-corrected chi connectivity index (χ3v) is 7.00. The second-order valence-corrected chi connectivity index (χ2v) is 9.97. The lowest BCUT2D eigenvalue weighted by Crippen LogP contribution is -2.14. The number of fused-ring (bicyclic) bond motifs is 1. The molecule has 2 fully saturated rings. The molecule has 2 aliphatic rings. The fourth-order valence-corrected chi connectivity index (χ4v) is 5.05. The molecule has 4 atom stereocenters. The molecule has 2 aromatic heterocycles. The van der Waals surface area contributed by atoms with Gasteiger partial charge in [0.15, 0.2) is 0 Å². The van der Waals surface area contributed by atoms with Gasteiger partial charge in [0, 0.05) is 11.1 Å². The highest BCUT2D eigenvalue weighted by molar-refractivity contribution is 5.77. The Balaban J connectivity index is 1.16. The Morgan fingerprint density at radius 3 is 2.18 bits per heavy atom. The highest BCUT2D eigenvalue weighted by Gasteiger charge is 2.25. The summed E-state index contributed by atoms with van der Waals surface area (Å²) >= 11 is 0. The zero-order chi connectivity index (χ0) is 23.1. The molecule has 34 heavy (non-hydrogen) atoms. The van der Waals surface area contributed by atoms with Gasteiger partial charge in [0.25, 0.3) is 0 Å². The normalized spacial score (nSPS) is 24.4. The molecular weight excluding hydrogens is 420 g/mol. The molecule has 0 spiro atoms. The number of imidazole rings is 2. The number of H-pyrrole nitrogens is 2. The SMILES string of the molecule is CC1CNC(c2ncc(-c3ccc(C#Cc4ccc5nc(C6CC(C)CN6)[nH]c5c4)cc3)[nH]2)C1. The zero-order valence-electron chi connectivity index (χ0n) is 19.7. The zero-order valence-corrected chi connectivity index (χ0v) is 19.7. The summed E-state index contributed by atoms with van der Waals surface area (Å²) in [5.74, 6) is 10.0. The second-order valence-electron chi connectivity index (χ2n) is 9.97. The first-order valence-corrected chi connectivity index (χ1v) is 12.2. The fraction of sp³-hybridized carbons (Fsp3) is 0.357. The van der Waals surface area contributed by atoms with Crippen molar-refractivity contribution in [3.63, 3.8) is 0 Å². The molecule has 2 saturated heterocycles. The average molecular weight is 451 g/mol. The fourth-order valence-electron chi connectivity index (χ4n) is 5.05. The largest absolute Gasteiger partial charge is 0.341 e. The maximum Gasteiger partial charge on any atom is 0.124 e. The molecule has 0 amide bonds. The van der Waals surface area contributed by atoms with Crippen LogP contribution in [0.3, 0.4) is 0 Å². The van der Waals surface area contributed by atoms with E-state index in [4.69, 9.17) is 4.98 Å². The van der Waals surface area contributed by atoms with Crippen LogP contribution < -0.4 is 10.6 Å². The summed E-state index contributed by atoms with van der Waals surface area (Å²) in [5.41, 5.74) is 6.17. The van der Waals surface area contributed by atoms with Crippen molar-refractivity contribution < 1.29 is 0 Å². The third-order valence-electron chi connectivity index (χ3n) is 7.00. The van der Waals surface area contributed by atoms with E-state index in [1.165, 1.54) is 0 Å². The molecule has 2 aliphatic heterocycles. The minimum atomic E-state index is 0.319. The van der Waals surface area contributed by atoms with Crippen LogP contribution in [0.1, 0.15) is 61.5 Å². The van der Waals surface area contributed by atoms with Gasteiger partial charge in [-0.15, -0.1) is 0 Å². The van der Waals surface area contributed by atoms with E-state index < -0.39 is 0 Å². The van der Waals surface area contributed by atoms with E-state index >= 15 is 0 Å². The molecule has 0 aliphatic carbocycles. The summed E-state index contributed by atoms with van der Waals surface area (Å²) in [6, 6.07) is 15.2. The topological polar surface area (TPSA) is 81.4 Å². The van der Waals surface area contributed by atoms with Crippen molar-refractivity contribution in [2.45, 2.75) is 38.8 Å². The third kappa shape index (κ3) is 4.25. The lowest BCUT2D eigenvalue weighted by atomic mass is 10.1. The Hall–Kier alpha value is -3.40. The molecule has 6 nitrogen and oxygen atoms in total. The van der Waals surface area contributed by atoms with Gasteiger partial charge in [0.05, 0.1) is 35.0 Å². The molecule has 2 aromatic carbocycles. The molecule has 0 bridgehead atoms. The minimum absolute atomic E-state index is 0.319. The number of benzene rings is 2. The summed E-state index contributed by atoms with van der Waals surface area (Å²) in [5, 5.41) is 7.08. The maximum absolute atomic E-state index is 4.78. The van der Waals surface area contributed by atoms with Gasteiger partial charge >= 0.3 is 0 Å². The van der Waals surface area contributed by atoms with Gasteiger partial charge in [-0.25, -0.2) is 9.97 Å². The van der Waals surface area contributed by atoms with Gasteiger partial charge in [-0.3, -0.25) is 0 Å². The van der Waals surface area contributed by atoms with Crippen LogP contribution in [0.25, 0.3) is 22.3 Å². The Bertz CT molecular complexity index is 1370. The summed E-state index contributed by atoms with van der Waals surface area (Å²) < 4.78 is 0. The summed E-state index contributed by atoms with van der Waals surface area (Å²) in [6.45, 7) is 6.65. The Morgan fingerprint density at radius 1 is 0.794 bits per heavy atom. The van der Waals surface area contributed by atoms with Gasteiger partial charge in [-0.2, -0.15) is 0 Å². The standard InChI is InChI=1S/C28H30N6/c1-17-11-24(29-14-17)27-31-16-26(34-27)21-8-5-19(6-9-21)3-4-20-7-10-22-23(13-20)33-28(32-22)25-12-18(2)15-30-25/h5-10,13,16-18,24-25,29-30H,11-12,14-15H2,1-2H3,(H,31,34)(H,32,33). The Labute approximate surface area is 200 Å². The van der Waals surface area contributed by atoms with E-state index in [0.29, 0.717) is 23.9 Å². The van der Waals surface area contributed by atoms with Crippen molar-refractivity contribution in [2.75, 3.05) is 13.1 Å². The highest BCUT2D eigenvalue weighted by atomic mass is 15.1. The second kappa shape index (κ2) is 8.75. The van der Waals surface area contributed by atoms with Crippen molar-refractivity contribution in [1.29, 1.82) is 0 Å². The number of aromatic nitrogens is 4. The maximum atomic E-state index is 4.78. The van der Waals surface area contributed by atoms with Crippen molar-refractivity contribution in [2.24, 2.45) is 11.8 Å². The predicted molar refractivity (Wildman–Crippen MR) is 135 cm³/mol. The van der Waals surface area contributed by atoms with Crippen molar-refractivity contribution in [3.05, 3.63) is 71.4 Å². The van der Waals surface area contributed by atoms with Crippen molar-refractivity contribution in [3.8, 4) is 23.1 Å². The molecule has 4 heterocycles. The van der Waals surface area contributed by atoms with E-state index in [0.717, 1.165) is 71.0 Å². The quantitative estimate of drug-likeness (QED) is 0.341. The van der Waals surface area contributed by atoms with E-state index in [-0.39, 0.29) is 0 Å². The van der Waals surface area contributed by atoms with Gasteiger partial charge < -0.3 is 20.6 Å². The first kappa shape index (κ1) is 21.2. The van der Waals surface area contributed by atoms with Crippen LogP contribution in [0.4, 0.5) is 0 Å². The molecule has 6 heteroatoms. The van der Waals surface area contributed by atoms with Crippen LogP contribution in [-0.4, -0.2) is 33.0 Å². The van der Waals surface area contributed by atoms with Gasteiger partial charge in [0.2, 0.25) is 0 Å². The molecule has 0 saturated carbocycles. The molecule has 4 aromatic rings. The highest BCUT2D eigenvalue weighted by Crippen LogP contribution is 2.28. The number of hydrogen-bond acceptors (Lipinski definition) is 4.